The van der Waals surface area contributed by atoms with Crippen LogP contribution in [-0.4, -0.2) is 18.3 Å². The number of nitrogens with zero attached hydrogens (tertiary/aromatic N) is 2. The predicted octanol–water partition coefficient (Wildman–Crippen LogP) is 4.49. The normalized spacial score (nSPS) is 10.8. The van der Waals surface area contributed by atoms with E-state index in [0.29, 0.717) is 18.1 Å². The number of aromatic nitrogens is 1. The number of aryl methyl sites for hydroxylation is 1. The topological polar surface area (TPSA) is 55.7 Å². The van der Waals surface area contributed by atoms with Crippen LogP contribution in [0.3, 0.4) is 0 Å². The number of rotatable bonds is 7. The minimum absolute atomic E-state index is 0.461. The van der Waals surface area contributed by atoms with Gasteiger partial charge in [-0.3, -0.25) is 5.43 Å². The number of hydrogen-bond donors (Lipinski definition) is 1. The molecule has 3 aromatic rings. The number of para-hydroxylation sites is 1. The average molecular weight is 353 g/mol. The van der Waals surface area contributed by atoms with Crippen molar-refractivity contribution in [1.82, 2.24) is 4.98 Å². The summed E-state index contributed by atoms with van der Waals surface area (Å²) in [7, 11) is 1.63. The monoisotopic (exact) mass is 353 g/mol. The lowest BCUT2D eigenvalue weighted by Crippen LogP contribution is -2.01. The first-order chi connectivity index (χ1) is 12.3. The fraction of sp³-hybridized carbons (Fsp3) is 0.158. The Morgan fingerprint density at radius 2 is 2.12 bits per heavy atom. The summed E-state index contributed by atoms with van der Waals surface area (Å²) < 4.78 is 11.5. The first kappa shape index (κ1) is 17.0. The second-order valence-electron chi connectivity index (χ2n) is 5.36. The lowest BCUT2D eigenvalue weighted by molar-refractivity contribution is 0.284. The summed E-state index contributed by atoms with van der Waals surface area (Å²) in [6, 6.07) is 13.9. The molecule has 25 heavy (non-hydrogen) atoms. The quantitative estimate of drug-likeness (QED) is 0.502. The summed E-state index contributed by atoms with van der Waals surface area (Å²) in [5.41, 5.74) is 6.04. The Kier molecular flexibility index (Phi) is 5.64. The highest BCUT2D eigenvalue weighted by atomic mass is 32.1. The van der Waals surface area contributed by atoms with Gasteiger partial charge in [0.15, 0.2) is 11.5 Å². The molecule has 1 heterocycles. The van der Waals surface area contributed by atoms with Crippen molar-refractivity contribution in [1.29, 1.82) is 0 Å². The summed E-state index contributed by atoms with van der Waals surface area (Å²) in [5, 5.41) is 6.85. The number of anilines is 1. The van der Waals surface area contributed by atoms with Crippen LogP contribution in [0.1, 0.15) is 16.7 Å². The van der Waals surface area contributed by atoms with Crippen molar-refractivity contribution in [3.05, 3.63) is 70.7 Å². The van der Waals surface area contributed by atoms with Crippen LogP contribution in [0.5, 0.6) is 11.5 Å². The Bertz CT molecular complexity index is 848. The van der Waals surface area contributed by atoms with Gasteiger partial charge >= 0.3 is 0 Å². The van der Waals surface area contributed by atoms with Crippen LogP contribution >= 0.6 is 11.3 Å². The van der Waals surface area contributed by atoms with E-state index in [1.807, 2.05) is 35.7 Å². The summed E-state index contributed by atoms with van der Waals surface area (Å²) >= 11 is 1.49. The number of ether oxygens (including phenoxy) is 2. The van der Waals surface area contributed by atoms with Crippen molar-refractivity contribution >= 4 is 22.7 Å². The van der Waals surface area contributed by atoms with E-state index in [0.717, 1.165) is 16.3 Å². The maximum atomic E-state index is 6.03. The minimum atomic E-state index is 0.461. The lowest BCUT2D eigenvalue weighted by Gasteiger charge is -2.13. The van der Waals surface area contributed by atoms with Crippen molar-refractivity contribution in [2.75, 3.05) is 12.5 Å². The molecule has 2 aromatic carbocycles. The molecule has 1 N–H and O–H groups in total. The first-order valence-corrected chi connectivity index (χ1v) is 8.68. The van der Waals surface area contributed by atoms with Crippen LogP contribution in [0.2, 0.25) is 0 Å². The van der Waals surface area contributed by atoms with E-state index in [4.69, 9.17) is 9.47 Å². The molecule has 6 heteroatoms. The van der Waals surface area contributed by atoms with E-state index in [9.17, 15) is 0 Å². The molecule has 0 atom stereocenters. The standard InChI is InChI=1S/C19H19N3O2S/c1-14-5-3-6-15(11-14)13-24-18-16(7-4-8-17(18)23-2)12-21-22-19-20-9-10-25-19/h3-12H,13H2,1-2H3,(H,20,22)/b21-12-. The molecule has 0 saturated heterocycles. The highest BCUT2D eigenvalue weighted by Gasteiger charge is 2.10. The van der Waals surface area contributed by atoms with Gasteiger partial charge in [0, 0.05) is 17.1 Å². The minimum Gasteiger partial charge on any atom is -0.493 e. The van der Waals surface area contributed by atoms with E-state index < -0.39 is 0 Å². The number of thiazole rings is 1. The molecule has 0 aliphatic carbocycles. The van der Waals surface area contributed by atoms with Crippen molar-refractivity contribution in [2.45, 2.75) is 13.5 Å². The number of benzene rings is 2. The number of hydrazone groups is 1. The molecule has 128 valence electrons. The van der Waals surface area contributed by atoms with Crippen LogP contribution in [-0.2, 0) is 6.61 Å². The van der Waals surface area contributed by atoms with Gasteiger partial charge in [0.05, 0.1) is 13.3 Å². The van der Waals surface area contributed by atoms with Crippen molar-refractivity contribution in [3.8, 4) is 11.5 Å². The molecule has 0 amide bonds. The van der Waals surface area contributed by atoms with E-state index in [1.54, 1.807) is 19.5 Å². The van der Waals surface area contributed by atoms with Crippen LogP contribution in [0.25, 0.3) is 0 Å². The Morgan fingerprint density at radius 3 is 2.88 bits per heavy atom. The molecule has 0 fully saturated rings. The SMILES string of the molecule is COc1cccc(/C=N\Nc2nccs2)c1OCc1cccc(C)c1. The maximum absolute atomic E-state index is 6.03. The molecule has 5 nitrogen and oxygen atoms in total. The van der Waals surface area contributed by atoms with Gasteiger partial charge in [0.25, 0.3) is 0 Å². The molecule has 0 aliphatic heterocycles. The second-order valence-corrected chi connectivity index (χ2v) is 6.26. The zero-order valence-electron chi connectivity index (χ0n) is 14.1. The Hall–Kier alpha value is -2.86. The van der Waals surface area contributed by atoms with E-state index in [2.05, 4.69) is 34.6 Å². The van der Waals surface area contributed by atoms with Gasteiger partial charge in [-0.25, -0.2) is 4.98 Å². The predicted molar refractivity (Wildman–Crippen MR) is 102 cm³/mol. The third kappa shape index (κ3) is 4.58. The lowest BCUT2D eigenvalue weighted by atomic mass is 10.1. The third-order valence-electron chi connectivity index (χ3n) is 3.49. The summed E-state index contributed by atoms with van der Waals surface area (Å²) in [4.78, 5) is 4.13. The van der Waals surface area contributed by atoms with Crippen LogP contribution in [0.4, 0.5) is 5.13 Å². The Morgan fingerprint density at radius 1 is 1.24 bits per heavy atom. The maximum Gasteiger partial charge on any atom is 0.203 e. The van der Waals surface area contributed by atoms with Crippen molar-refractivity contribution < 1.29 is 9.47 Å². The summed E-state index contributed by atoms with van der Waals surface area (Å²) in [6.07, 6.45) is 3.43. The van der Waals surface area contributed by atoms with Gasteiger partial charge in [0.1, 0.15) is 6.61 Å². The molecule has 0 bridgehead atoms. The Balaban J connectivity index is 1.77. The van der Waals surface area contributed by atoms with E-state index in [-0.39, 0.29) is 0 Å². The Labute approximate surface area is 151 Å². The van der Waals surface area contributed by atoms with Gasteiger partial charge in [-0.1, -0.05) is 35.9 Å². The van der Waals surface area contributed by atoms with Crippen LogP contribution < -0.4 is 14.9 Å². The molecule has 0 unspecified atom stereocenters. The van der Waals surface area contributed by atoms with Crippen molar-refractivity contribution in [2.24, 2.45) is 5.10 Å². The molecule has 0 aliphatic rings. The number of hydrogen-bond acceptors (Lipinski definition) is 6. The molecule has 0 saturated carbocycles. The smallest absolute Gasteiger partial charge is 0.203 e. The van der Waals surface area contributed by atoms with Gasteiger partial charge in [-0.2, -0.15) is 5.10 Å². The van der Waals surface area contributed by atoms with Gasteiger partial charge in [0.2, 0.25) is 5.13 Å². The molecule has 1 aromatic heterocycles. The highest BCUT2D eigenvalue weighted by molar-refractivity contribution is 7.13. The zero-order valence-corrected chi connectivity index (χ0v) is 14.9. The molecule has 0 radical (unpaired) electrons. The van der Waals surface area contributed by atoms with Gasteiger partial charge in [-0.05, 0) is 24.6 Å². The van der Waals surface area contributed by atoms with Gasteiger partial charge < -0.3 is 9.47 Å². The second kappa shape index (κ2) is 8.30. The van der Waals surface area contributed by atoms with E-state index >= 15 is 0 Å². The summed E-state index contributed by atoms with van der Waals surface area (Å²) in [6.45, 7) is 2.53. The molecular formula is C19H19N3O2S. The van der Waals surface area contributed by atoms with Crippen LogP contribution in [0.15, 0.2) is 59.1 Å². The van der Waals surface area contributed by atoms with Gasteiger partial charge in [-0.15, -0.1) is 11.3 Å². The molecule has 3 rings (SSSR count). The highest BCUT2D eigenvalue weighted by Crippen LogP contribution is 2.31. The van der Waals surface area contributed by atoms with Crippen molar-refractivity contribution in [3.63, 3.8) is 0 Å². The van der Waals surface area contributed by atoms with Crippen LogP contribution in [0, 0.1) is 6.92 Å². The number of nitrogens with one attached hydrogen (secondary N) is 1. The average Bonchev–Trinajstić information content (AvgIpc) is 3.14. The summed E-state index contributed by atoms with van der Waals surface area (Å²) in [5.74, 6) is 1.34. The number of methoxy groups -OCH3 is 1. The molecule has 0 spiro atoms. The first-order valence-electron chi connectivity index (χ1n) is 7.80. The zero-order chi connectivity index (χ0) is 17.5. The third-order valence-corrected chi connectivity index (χ3v) is 4.17. The molecular weight excluding hydrogens is 334 g/mol. The van der Waals surface area contributed by atoms with E-state index in [1.165, 1.54) is 16.9 Å². The fourth-order valence-electron chi connectivity index (χ4n) is 2.34. The fourth-order valence-corrected chi connectivity index (χ4v) is 2.82. The largest absolute Gasteiger partial charge is 0.493 e.